The lowest BCUT2D eigenvalue weighted by molar-refractivity contribution is 0.345. The van der Waals surface area contributed by atoms with Gasteiger partial charge in [0.15, 0.2) is 0 Å². The molecule has 0 bridgehead atoms. The fraction of sp³-hybridized carbons (Fsp3) is 0.244. The highest BCUT2D eigenvalue weighted by molar-refractivity contribution is 6.05. The van der Waals surface area contributed by atoms with E-state index >= 15 is 0 Å². The van der Waals surface area contributed by atoms with E-state index in [2.05, 4.69) is 148 Å². The van der Waals surface area contributed by atoms with Crippen LogP contribution in [0.25, 0.3) is 16.7 Å². The van der Waals surface area contributed by atoms with Gasteiger partial charge in [0, 0.05) is 29.6 Å². The number of nitrogens with zero attached hydrogens (tertiary/aromatic N) is 1. The predicted molar refractivity (Wildman–Crippen MR) is 182 cm³/mol. The summed E-state index contributed by atoms with van der Waals surface area (Å²) in [5.74, 6) is 0.638. The Kier molecular flexibility index (Phi) is 6.10. The van der Waals surface area contributed by atoms with Gasteiger partial charge in [-0.1, -0.05) is 113 Å². The highest BCUT2D eigenvalue weighted by Crippen LogP contribution is 2.61. The topological polar surface area (TPSA) is 37.0 Å². The second kappa shape index (κ2) is 9.95. The molecule has 2 aromatic carbocycles. The molecular weight excluding hydrogens is 534 g/mol. The van der Waals surface area contributed by atoms with Crippen LogP contribution >= 0.6 is 0 Å². The van der Waals surface area contributed by atoms with E-state index in [0.29, 0.717) is 5.92 Å². The van der Waals surface area contributed by atoms with Gasteiger partial charge in [-0.3, -0.25) is 4.98 Å². The number of allylic oxidation sites excluding steroid dienone is 10. The summed E-state index contributed by atoms with van der Waals surface area (Å²) < 4.78 is 0. The molecule has 0 amide bonds. The van der Waals surface area contributed by atoms with Crippen molar-refractivity contribution < 1.29 is 0 Å². The number of rotatable bonds is 3. The first-order chi connectivity index (χ1) is 21.4. The first-order valence-corrected chi connectivity index (χ1v) is 15.9. The fourth-order valence-electron chi connectivity index (χ4n) is 8.37. The van der Waals surface area contributed by atoms with Gasteiger partial charge in [0.2, 0.25) is 0 Å². The third-order valence-electron chi connectivity index (χ3n) is 10.5. The van der Waals surface area contributed by atoms with Gasteiger partial charge in [-0.05, 0) is 80.7 Å². The average molecular weight is 574 g/mol. The lowest BCUT2D eigenvalue weighted by atomic mass is 9.64. The number of benzene rings is 2. The Morgan fingerprint density at radius 2 is 1.64 bits per heavy atom. The van der Waals surface area contributed by atoms with Crippen LogP contribution in [0.15, 0.2) is 133 Å². The van der Waals surface area contributed by atoms with Crippen LogP contribution in [0.5, 0.6) is 0 Å². The van der Waals surface area contributed by atoms with Gasteiger partial charge in [-0.15, -0.1) is 0 Å². The molecule has 0 spiro atoms. The van der Waals surface area contributed by atoms with Crippen molar-refractivity contribution in [2.24, 2.45) is 11.8 Å². The van der Waals surface area contributed by atoms with E-state index in [4.69, 9.17) is 4.98 Å². The summed E-state index contributed by atoms with van der Waals surface area (Å²) in [6.07, 6.45) is 22.4. The minimum absolute atomic E-state index is 0.0181. The summed E-state index contributed by atoms with van der Waals surface area (Å²) in [7, 11) is 0. The van der Waals surface area contributed by atoms with E-state index < -0.39 is 0 Å². The quantitative estimate of drug-likeness (QED) is 0.330. The maximum atomic E-state index is 4.76. The zero-order valence-electron chi connectivity index (χ0n) is 25.9. The minimum Gasteiger partial charge on any atom is -0.380 e. The first kappa shape index (κ1) is 27.0. The van der Waals surface area contributed by atoms with E-state index in [1.807, 2.05) is 12.3 Å². The van der Waals surface area contributed by atoms with Crippen LogP contribution in [0.4, 0.5) is 0 Å². The average Bonchev–Trinajstić information content (AvgIpc) is 3.26. The number of pyridine rings is 1. The number of hydrogen-bond acceptors (Lipinski definition) is 3. The Balaban J connectivity index is 1.37. The molecule has 3 heteroatoms. The zero-order valence-corrected chi connectivity index (χ0v) is 25.9. The van der Waals surface area contributed by atoms with Crippen molar-refractivity contribution >= 4 is 16.7 Å². The molecule has 3 unspecified atom stereocenters. The Bertz CT molecular complexity index is 1890. The van der Waals surface area contributed by atoms with Crippen LogP contribution < -0.4 is 10.6 Å². The van der Waals surface area contributed by atoms with Crippen molar-refractivity contribution in [2.75, 3.05) is 6.54 Å². The van der Waals surface area contributed by atoms with Gasteiger partial charge in [0.1, 0.15) is 0 Å². The second-order valence-corrected chi connectivity index (χ2v) is 13.7. The summed E-state index contributed by atoms with van der Waals surface area (Å²) in [6.45, 7) is 10.6. The maximum absolute atomic E-state index is 4.76. The zero-order chi connectivity index (χ0) is 30.1. The van der Waals surface area contributed by atoms with Crippen LogP contribution in [0.1, 0.15) is 67.2 Å². The molecule has 3 atom stereocenters. The van der Waals surface area contributed by atoms with Gasteiger partial charge in [0.25, 0.3) is 0 Å². The lowest BCUT2D eigenvalue weighted by Gasteiger charge is -2.39. The van der Waals surface area contributed by atoms with Crippen molar-refractivity contribution in [2.45, 2.75) is 44.6 Å². The Labute approximate surface area is 261 Å². The van der Waals surface area contributed by atoms with E-state index in [-0.39, 0.29) is 22.8 Å². The van der Waals surface area contributed by atoms with Gasteiger partial charge >= 0.3 is 0 Å². The number of hydrogen-bond donors (Lipinski definition) is 2. The van der Waals surface area contributed by atoms with E-state index in [9.17, 15) is 0 Å². The molecule has 44 heavy (non-hydrogen) atoms. The molecule has 8 rings (SSSR count). The van der Waals surface area contributed by atoms with Gasteiger partial charge < -0.3 is 10.6 Å². The molecular formula is C41H39N3. The van der Waals surface area contributed by atoms with Crippen molar-refractivity contribution in [3.8, 4) is 0 Å². The second-order valence-electron chi connectivity index (χ2n) is 13.7. The summed E-state index contributed by atoms with van der Waals surface area (Å²) in [5.41, 5.74) is 14.1. The molecule has 0 fully saturated rings. The van der Waals surface area contributed by atoms with Gasteiger partial charge in [-0.2, -0.15) is 0 Å². The number of fused-ring (bicyclic) bond motifs is 6. The van der Waals surface area contributed by atoms with Crippen molar-refractivity contribution in [1.29, 1.82) is 0 Å². The molecule has 5 aliphatic rings. The molecule has 3 nitrogen and oxygen atoms in total. The molecule has 2 N–H and O–H groups in total. The molecule has 218 valence electrons. The normalized spacial score (nSPS) is 25.3. The van der Waals surface area contributed by atoms with Crippen LogP contribution in [-0.2, 0) is 10.8 Å². The summed E-state index contributed by atoms with van der Waals surface area (Å²) >= 11 is 0. The molecule has 0 radical (unpaired) electrons. The van der Waals surface area contributed by atoms with Crippen LogP contribution in [0.3, 0.4) is 0 Å². The summed E-state index contributed by atoms with van der Waals surface area (Å²) in [4.78, 5) is 4.76. The lowest BCUT2D eigenvalue weighted by Crippen LogP contribution is -2.34. The van der Waals surface area contributed by atoms with E-state index in [1.165, 1.54) is 39.0 Å². The molecule has 0 saturated heterocycles. The molecule has 3 aliphatic carbocycles. The summed E-state index contributed by atoms with van der Waals surface area (Å²) in [5, 5.41) is 7.53. The minimum atomic E-state index is -0.143. The van der Waals surface area contributed by atoms with E-state index in [0.717, 1.165) is 29.2 Å². The number of dihydropyridines is 2. The third-order valence-corrected chi connectivity index (χ3v) is 10.5. The van der Waals surface area contributed by atoms with Crippen LogP contribution in [0.2, 0.25) is 0 Å². The number of nitrogens with one attached hydrogen (secondary N) is 2. The third kappa shape index (κ3) is 3.99. The smallest absolute Gasteiger partial charge is 0.0714 e. The first-order valence-electron chi connectivity index (χ1n) is 15.9. The van der Waals surface area contributed by atoms with Crippen LogP contribution in [-0.4, -0.2) is 11.5 Å². The van der Waals surface area contributed by atoms with Crippen LogP contribution in [0, 0.1) is 11.8 Å². The Hall–Kier alpha value is -4.63. The van der Waals surface area contributed by atoms with Crippen molar-refractivity contribution in [3.05, 3.63) is 166 Å². The summed E-state index contributed by atoms with van der Waals surface area (Å²) in [6, 6.07) is 22.3. The fourth-order valence-corrected chi connectivity index (χ4v) is 8.37. The molecule has 2 aliphatic heterocycles. The van der Waals surface area contributed by atoms with Crippen molar-refractivity contribution in [3.63, 3.8) is 0 Å². The highest BCUT2D eigenvalue weighted by Gasteiger charge is 2.50. The van der Waals surface area contributed by atoms with Gasteiger partial charge in [0.05, 0.1) is 23.1 Å². The molecule has 1 aromatic heterocycles. The molecule has 3 heterocycles. The maximum Gasteiger partial charge on any atom is 0.0714 e. The predicted octanol–water partition coefficient (Wildman–Crippen LogP) is 8.59. The molecule has 0 saturated carbocycles. The Morgan fingerprint density at radius 1 is 0.818 bits per heavy atom. The highest BCUT2D eigenvalue weighted by atomic mass is 15.0. The SMILES string of the molecule is CC1(C)C2=C(c3c(C4C=C(c5ccccn5)C=C(C5=CC=CCN5)N4)cccc31)C1C=CC=CC1C(C)(C)c1ccccc12. The Morgan fingerprint density at radius 3 is 2.45 bits per heavy atom. The largest absolute Gasteiger partial charge is 0.380 e. The standard InChI is InChI=1S/C41H39N3/c1-40(2)30-17-7-5-14-27(30)38-37-29(16-13-19-32(37)41(3,4)39(38)28-15-6-8-18-31(28)40)35-24-26(33-20-9-11-22-42-33)25-36(44-35)34-21-10-12-23-43-34/h5-22,24-25,27,30,35,43-44H,23H2,1-4H3. The monoisotopic (exact) mass is 573 g/mol. The van der Waals surface area contributed by atoms with Crippen molar-refractivity contribution in [1.82, 2.24) is 15.6 Å². The molecule has 3 aromatic rings. The van der Waals surface area contributed by atoms with Gasteiger partial charge in [-0.25, -0.2) is 0 Å². The number of aromatic nitrogens is 1. The van der Waals surface area contributed by atoms with E-state index in [1.54, 1.807) is 0 Å².